The molecule has 13 heteroatoms. The van der Waals surface area contributed by atoms with E-state index in [4.69, 9.17) is 0 Å². The van der Waals surface area contributed by atoms with Crippen LogP contribution in [0.2, 0.25) is 0 Å². The average molecular weight is 1200 g/mol. The molecule has 16 heavy (non-hydrogen) atoms. The third-order valence-electron chi connectivity index (χ3n) is 0. The Morgan fingerprint density at radius 1 is 0.438 bits per heavy atom. The van der Waals surface area contributed by atoms with Gasteiger partial charge >= 0.3 is 0 Å². The van der Waals surface area contributed by atoms with Crippen molar-refractivity contribution in [2.24, 2.45) is 0 Å². The zero-order chi connectivity index (χ0) is 2.71. The normalized spacial score (nSPS) is 1.12. The van der Waals surface area contributed by atoms with Gasteiger partial charge in [0.2, 0.25) is 0 Å². The summed E-state index contributed by atoms with van der Waals surface area (Å²) in [6.45, 7) is 5.50. The van der Waals surface area contributed by atoms with Gasteiger partial charge in [0.25, 0.3) is 0 Å². The van der Waals surface area contributed by atoms with Gasteiger partial charge in [-0.2, -0.15) is 6.42 Å². The van der Waals surface area contributed by atoms with E-state index in [0.717, 1.165) is 6.42 Å². The predicted octanol–water partition coefficient (Wildman–Crippen LogP) is 1.20. The topological polar surface area (TPSA) is 0 Å². The summed E-state index contributed by atoms with van der Waals surface area (Å²) < 4.78 is 0. The molecule has 0 aromatic rings. The molecule has 13 radical (unpaired) electrons. The monoisotopic (exact) mass is 1200 g/mol. The van der Waals surface area contributed by atoms with E-state index in [1.165, 1.54) is 0 Å². The predicted molar refractivity (Wildman–Crippen MR) is 15.6 cm³/mol. The second-order valence-electron chi connectivity index (χ2n) is 0.500. The maximum Gasteiger partial charge on any atom is 0 e. The molecule has 0 aromatic heterocycles. The standard InChI is InChI=1S/C3H7.13Y/c1-3-2;;;;;;;;;;;;;/h1,3H2,2H3;;;;;;;;;;;;;/q-1;;;;;;;;;;;;;. The molecule has 0 saturated heterocycles. The van der Waals surface area contributed by atoms with Crippen LogP contribution < -0.4 is 0 Å². The minimum absolute atomic E-state index is 0. The van der Waals surface area contributed by atoms with E-state index in [0.29, 0.717) is 0 Å². The largest absolute Gasteiger partial charge is 0.344 e. The molecule has 0 amide bonds. The van der Waals surface area contributed by atoms with Gasteiger partial charge in [0.15, 0.2) is 0 Å². The van der Waals surface area contributed by atoms with Crippen LogP contribution in [0.5, 0.6) is 0 Å². The SMILES string of the molecule is [CH2-]CC.[Y].[Y].[Y].[Y].[Y].[Y].[Y].[Y].[Y].[Y].[Y].[Y].[Y]. The summed E-state index contributed by atoms with van der Waals surface area (Å²) in [5.41, 5.74) is 0. The van der Waals surface area contributed by atoms with Crippen molar-refractivity contribution in [2.75, 3.05) is 0 Å². The summed E-state index contributed by atoms with van der Waals surface area (Å²) in [4.78, 5) is 0. The Labute approximate surface area is 429 Å². The molecule has 0 aliphatic rings. The maximum atomic E-state index is 3.49. The van der Waals surface area contributed by atoms with Crippen LogP contribution in [0.4, 0.5) is 0 Å². The zero-order valence-electron chi connectivity index (χ0n) is 9.92. The molecule has 0 atom stereocenters. The Bertz CT molecular complexity index is 11.1. The molecule has 0 unspecified atom stereocenters. The van der Waals surface area contributed by atoms with Crippen LogP contribution >= 0.6 is 0 Å². The van der Waals surface area contributed by atoms with Crippen molar-refractivity contribution in [3.8, 4) is 0 Å². The quantitative estimate of drug-likeness (QED) is 0.321. The zero-order valence-corrected chi connectivity index (χ0v) is 46.8. The van der Waals surface area contributed by atoms with Gasteiger partial charge in [0, 0.05) is 425 Å². The Kier molecular flexibility index (Phi) is 612. The molecular weight excluding hydrogens is 1190 g/mol. The van der Waals surface area contributed by atoms with Gasteiger partial charge in [-0.25, -0.2) is 0 Å². The second-order valence-corrected chi connectivity index (χ2v) is 0.500. The van der Waals surface area contributed by atoms with Crippen LogP contribution in [0.25, 0.3) is 0 Å². The Morgan fingerprint density at radius 3 is 0.438 bits per heavy atom. The van der Waals surface area contributed by atoms with E-state index in [2.05, 4.69) is 6.92 Å². The van der Waals surface area contributed by atoms with Gasteiger partial charge in [0.05, 0.1) is 0 Å². The molecule has 0 rings (SSSR count). The molecule has 0 spiro atoms. The van der Waals surface area contributed by atoms with Gasteiger partial charge < -0.3 is 6.92 Å². The van der Waals surface area contributed by atoms with Crippen molar-refractivity contribution >= 4 is 0 Å². The van der Waals surface area contributed by atoms with Crippen LogP contribution in [-0.4, -0.2) is 0 Å². The average Bonchev–Trinajstić information content (AvgIpc) is 0.918. The molecule has 0 bridgehead atoms. The molecule has 0 aliphatic carbocycles. The first-order valence-electron chi connectivity index (χ1n) is 1.21. The van der Waals surface area contributed by atoms with Crippen LogP contribution in [0.1, 0.15) is 13.3 Å². The molecule has 0 saturated carbocycles. The van der Waals surface area contributed by atoms with Gasteiger partial charge in [-0.1, -0.05) is 6.92 Å². The van der Waals surface area contributed by atoms with Gasteiger partial charge in [-0.3, -0.25) is 0 Å². The molecular formula is C3H7Y13-. The fourth-order valence-corrected chi connectivity index (χ4v) is 0. The number of hydrogen-bond donors (Lipinski definition) is 0. The van der Waals surface area contributed by atoms with Crippen molar-refractivity contribution in [2.45, 2.75) is 13.3 Å². The summed E-state index contributed by atoms with van der Waals surface area (Å²) in [7, 11) is 0. The summed E-state index contributed by atoms with van der Waals surface area (Å²) in [6.07, 6.45) is 1.00. The van der Waals surface area contributed by atoms with Crippen molar-refractivity contribution in [1.29, 1.82) is 0 Å². The molecule has 0 aromatic carbocycles. The van der Waals surface area contributed by atoms with Crippen molar-refractivity contribution < 1.29 is 425 Å². The van der Waals surface area contributed by atoms with Crippen molar-refractivity contribution in [3.63, 3.8) is 0 Å². The van der Waals surface area contributed by atoms with Gasteiger partial charge in [-0.05, 0) is 0 Å². The Balaban J connectivity index is -0.000000000256. The molecule has 0 aliphatic heterocycles. The van der Waals surface area contributed by atoms with E-state index in [-0.39, 0.29) is 425 Å². The third-order valence-corrected chi connectivity index (χ3v) is 0. The van der Waals surface area contributed by atoms with Gasteiger partial charge in [0.1, 0.15) is 0 Å². The number of rotatable bonds is 0. The Morgan fingerprint density at radius 2 is 0.438 bits per heavy atom. The minimum atomic E-state index is 0. The van der Waals surface area contributed by atoms with Crippen LogP contribution in [-0.2, 0) is 425 Å². The minimum Gasteiger partial charge on any atom is -0.344 e. The van der Waals surface area contributed by atoms with Crippen LogP contribution in [0, 0.1) is 6.92 Å². The molecule has 0 N–H and O–H groups in total. The van der Waals surface area contributed by atoms with Crippen LogP contribution in [0.15, 0.2) is 0 Å². The van der Waals surface area contributed by atoms with E-state index in [9.17, 15) is 0 Å². The summed E-state index contributed by atoms with van der Waals surface area (Å²) in [6, 6.07) is 0. The number of hydrogen-bond acceptors (Lipinski definition) is 0. The summed E-state index contributed by atoms with van der Waals surface area (Å²) >= 11 is 0. The second kappa shape index (κ2) is 100. The first-order chi connectivity index (χ1) is 1.41. The van der Waals surface area contributed by atoms with Crippen molar-refractivity contribution in [3.05, 3.63) is 6.92 Å². The van der Waals surface area contributed by atoms with E-state index in [1.54, 1.807) is 0 Å². The summed E-state index contributed by atoms with van der Waals surface area (Å²) in [5, 5.41) is 0. The maximum absolute atomic E-state index is 3.49. The first kappa shape index (κ1) is 97.8. The fourth-order valence-electron chi connectivity index (χ4n) is 0. The Hall–Kier alpha value is 14.4. The smallest absolute Gasteiger partial charge is 0 e. The molecule has 0 nitrogen and oxygen atoms in total. The van der Waals surface area contributed by atoms with E-state index < -0.39 is 0 Å². The van der Waals surface area contributed by atoms with Crippen LogP contribution in [0.3, 0.4) is 0 Å². The molecule has 0 heterocycles. The van der Waals surface area contributed by atoms with E-state index >= 15 is 0 Å². The fraction of sp³-hybridized carbons (Fsp3) is 0.667. The van der Waals surface area contributed by atoms with E-state index in [1.807, 2.05) is 6.92 Å². The first-order valence-corrected chi connectivity index (χ1v) is 1.21. The molecule has 0 fully saturated rings. The van der Waals surface area contributed by atoms with Crippen molar-refractivity contribution in [1.82, 2.24) is 0 Å². The molecule has 59 valence electrons. The third kappa shape index (κ3) is 103. The van der Waals surface area contributed by atoms with Gasteiger partial charge in [-0.15, -0.1) is 0 Å². The summed E-state index contributed by atoms with van der Waals surface area (Å²) in [5.74, 6) is 0.